The number of rotatable bonds is 5. The Morgan fingerprint density at radius 3 is 2.60 bits per heavy atom. The summed E-state index contributed by atoms with van der Waals surface area (Å²) in [6.07, 6.45) is 0. The molecule has 1 aliphatic rings. The van der Waals surface area contributed by atoms with E-state index in [4.69, 9.17) is 21.4 Å². The first-order valence-electron chi connectivity index (χ1n) is 7.97. The smallest absolute Gasteiger partial charge is 0.337 e. The maximum absolute atomic E-state index is 12.5. The van der Waals surface area contributed by atoms with E-state index in [0.717, 1.165) is 5.56 Å². The highest BCUT2D eigenvalue weighted by Crippen LogP contribution is 2.32. The van der Waals surface area contributed by atoms with Crippen molar-refractivity contribution in [2.75, 3.05) is 32.1 Å². The Kier molecular flexibility index (Phi) is 5.75. The molecule has 1 heterocycles. The summed E-state index contributed by atoms with van der Waals surface area (Å²) in [5, 5.41) is 12.5. The second kappa shape index (κ2) is 7.45. The predicted molar refractivity (Wildman–Crippen MR) is 96.5 cm³/mol. The minimum absolute atomic E-state index is 0.0558. The minimum atomic E-state index is -0.585. The Labute approximate surface area is 152 Å². The molecule has 7 heteroatoms. The van der Waals surface area contributed by atoms with E-state index >= 15 is 0 Å². The highest BCUT2D eigenvalue weighted by atomic mass is 35.5. The third-order valence-corrected chi connectivity index (χ3v) is 4.36. The number of aliphatic hydroxyl groups is 1. The van der Waals surface area contributed by atoms with Crippen LogP contribution in [0.4, 0.5) is 5.69 Å². The van der Waals surface area contributed by atoms with E-state index in [2.05, 4.69) is 26.1 Å². The topological polar surface area (TPSA) is 78.9 Å². The number of esters is 1. The van der Waals surface area contributed by atoms with Crippen molar-refractivity contribution in [3.8, 4) is 0 Å². The number of hydrogen-bond donors (Lipinski definition) is 2. The Morgan fingerprint density at radius 2 is 2.08 bits per heavy atom. The van der Waals surface area contributed by atoms with Crippen LogP contribution in [0.5, 0.6) is 0 Å². The molecule has 1 aromatic rings. The van der Waals surface area contributed by atoms with Gasteiger partial charge in [0.05, 0.1) is 36.5 Å². The number of methoxy groups -OCH3 is 1. The molecule has 1 amide bonds. The van der Waals surface area contributed by atoms with E-state index in [0.29, 0.717) is 10.7 Å². The molecule has 25 heavy (non-hydrogen) atoms. The van der Waals surface area contributed by atoms with Gasteiger partial charge in [-0.15, -0.1) is 0 Å². The molecule has 0 aromatic heterocycles. The van der Waals surface area contributed by atoms with E-state index in [-0.39, 0.29) is 42.3 Å². The first kappa shape index (κ1) is 19.3. The summed E-state index contributed by atoms with van der Waals surface area (Å²) in [6, 6.07) is 5.55. The van der Waals surface area contributed by atoms with Gasteiger partial charge in [0, 0.05) is 6.54 Å². The third-order valence-electron chi connectivity index (χ3n) is 4.05. The van der Waals surface area contributed by atoms with Gasteiger partial charge in [0.1, 0.15) is 5.70 Å². The van der Waals surface area contributed by atoms with Crippen molar-refractivity contribution in [3.05, 3.63) is 40.1 Å². The van der Waals surface area contributed by atoms with Crippen molar-refractivity contribution in [2.45, 2.75) is 26.2 Å². The van der Waals surface area contributed by atoms with Crippen LogP contribution in [0.15, 0.2) is 29.5 Å². The summed E-state index contributed by atoms with van der Waals surface area (Å²) in [4.78, 5) is 25.9. The van der Waals surface area contributed by atoms with Gasteiger partial charge in [-0.05, 0) is 23.1 Å². The molecule has 2 rings (SSSR count). The van der Waals surface area contributed by atoms with Crippen LogP contribution < -0.4 is 5.32 Å². The van der Waals surface area contributed by atoms with Crippen LogP contribution in [0.2, 0.25) is 5.02 Å². The van der Waals surface area contributed by atoms with Gasteiger partial charge in [-0.25, -0.2) is 4.79 Å². The summed E-state index contributed by atoms with van der Waals surface area (Å²) in [5.41, 5.74) is 1.89. The molecule has 6 nitrogen and oxygen atoms in total. The highest BCUT2D eigenvalue weighted by Gasteiger charge is 2.34. The molecule has 136 valence electrons. The molecule has 0 spiro atoms. The van der Waals surface area contributed by atoms with Crippen LogP contribution in [0.3, 0.4) is 0 Å². The molecule has 0 saturated carbocycles. The van der Waals surface area contributed by atoms with Crippen molar-refractivity contribution >= 4 is 29.2 Å². The fraction of sp³-hybridized carbons (Fsp3) is 0.444. The molecule has 0 radical (unpaired) electrons. The van der Waals surface area contributed by atoms with Crippen LogP contribution in [-0.4, -0.2) is 48.7 Å². The van der Waals surface area contributed by atoms with Crippen molar-refractivity contribution in [1.29, 1.82) is 0 Å². The summed E-state index contributed by atoms with van der Waals surface area (Å²) >= 11 is 6.35. The summed E-state index contributed by atoms with van der Waals surface area (Å²) < 4.78 is 4.76. The second-order valence-corrected chi connectivity index (χ2v) is 7.27. The fourth-order valence-corrected chi connectivity index (χ4v) is 2.79. The zero-order valence-corrected chi connectivity index (χ0v) is 15.6. The normalized spacial score (nSPS) is 15.0. The van der Waals surface area contributed by atoms with Gasteiger partial charge in [0.2, 0.25) is 0 Å². The van der Waals surface area contributed by atoms with E-state index in [1.165, 1.54) is 12.0 Å². The van der Waals surface area contributed by atoms with Crippen molar-refractivity contribution in [3.63, 3.8) is 0 Å². The summed E-state index contributed by atoms with van der Waals surface area (Å²) in [6.45, 7) is 6.28. The largest absolute Gasteiger partial charge is 0.466 e. The van der Waals surface area contributed by atoms with Crippen LogP contribution in [-0.2, 0) is 19.7 Å². The minimum Gasteiger partial charge on any atom is -0.466 e. The molecular formula is C18H23ClN2O4. The van der Waals surface area contributed by atoms with Gasteiger partial charge in [-0.2, -0.15) is 0 Å². The number of carbonyl (C=O) groups excluding carboxylic acids is 2. The Hall–Kier alpha value is -2.05. The lowest BCUT2D eigenvalue weighted by Crippen LogP contribution is -2.31. The van der Waals surface area contributed by atoms with Gasteiger partial charge in [0.25, 0.3) is 5.91 Å². The van der Waals surface area contributed by atoms with E-state index in [1.54, 1.807) is 6.07 Å². The predicted octanol–water partition coefficient (Wildman–Crippen LogP) is 2.31. The Morgan fingerprint density at radius 1 is 1.40 bits per heavy atom. The second-order valence-electron chi connectivity index (χ2n) is 6.87. The number of nitrogens with zero attached hydrogens (tertiary/aromatic N) is 1. The van der Waals surface area contributed by atoms with Crippen LogP contribution >= 0.6 is 11.6 Å². The average molecular weight is 367 g/mol. The molecule has 0 unspecified atom stereocenters. The Balaban J connectivity index is 2.35. The van der Waals surface area contributed by atoms with Crippen molar-refractivity contribution < 1.29 is 19.4 Å². The number of anilines is 1. The number of amides is 1. The Bertz CT molecular complexity index is 722. The van der Waals surface area contributed by atoms with Gasteiger partial charge in [-0.1, -0.05) is 38.4 Å². The van der Waals surface area contributed by atoms with E-state index in [9.17, 15) is 9.59 Å². The zero-order chi connectivity index (χ0) is 18.8. The lowest BCUT2D eigenvalue weighted by atomic mass is 9.87. The highest BCUT2D eigenvalue weighted by molar-refractivity contribution is 6.33. The number of carbonyl (C=O) groups is 2. The van der Waals surface area contributed by atoms with Gasteiger partial charge < -0.3 is 20.1 Å². The zero-order valence-electron chi connectivity index (χ0n) is 14.9. The molecule has 1 aromatic carbocycles. The summed E-state index contributed by atoms with van der Waals surface area (Å²) in [5.74, 6) is -0.955. The molecule has 2 N–H and O–H groups in total. The number of hydrogen-bond acceptors (Lipinski definition) is 5. The maximum Gasteiger partial charge on any atom is 0.337 e. The lowest BCUT2D eigenvalue weighted by molar-refractivity contribution is -0.136. The first-order chi connectivity index (χ1) is 11.7. The molecule has 0 atom stereocenters. The molecule has 0 saturated heterocycles. The maximum atomic E-state index is 12.5. The number of nitrogens with one attached hydrogen (secondary N) is 1. The number of benzene rings is 1. The average Bonchev–Trinajstić information content (AvgIpc) is 2.85. The lowest BCUT2D eigenvalue weighted by Gasteiger charge is -2.20. The van der Waals surface area contributed by atoms with E-state index in [1.807, 2.05) is 12.1 Å². The van der Waals surface area contributed by atoms with E-state index < -0.39 is 5.97 Å². The number of β-amino-alcohol motifs (C(OH)–C–C–N with tert-alkyl or cyclic N) is 1. The van der Waals surface area contributed by atoms with Crippen LogP contribution in [0, 0.1) is 0 Å². The quantitative estimate of drug-likeness (QED) is 0.782. The third kappa shape index (κ3) is 4.14. The molecule has 1 aliphatic heterocycles. The number of ether oxygens (including phenoxy) is 1. The van der Waals surface area contributed by atoms with Crippen molar-refractivity contribution in [2.24, 2.45) is 0 Å². The van der Waals surface area contributed by atoms with Gasteiger partial charge in [0.15, 0.2) is 0 Å². The molecule has 0 aliphatic carbocycles. The first-order valence-corrected chi connectivity index (χ1v) is 8.35. The summed E-state index contributed by atoms with van der Waals surface area (Å²) in [7, 11) is 1.26. The number of halogens is 1. The molecule has 0 fully saturated rings. The van der Waals surface area contributed by atoms with Gasteiger partial charge in [-0.3, -0.25) is 4.79 Å². The number of aliphatic hydroxyl groups excluding tert-OH is 1. The molecule has 0 bridgehead atoms. The standard InChI is InChI=1S/C18H23ClN2O4/c1-18(2,3)11-5-6-14(13(19)9-11)20-15-12(17(24)25-4)10-21(7-8-22)16(15)23/h5-6,9,20,22H,7-8,10H2,1-4H3. The van der Waals surface area contributed by atoms with Crippen LogP contribution in [0.1, 0.15) is 26.3 Å². The fourth-order valence-electron chi connectivity index (χ4n) is 2.57. The molecular weight excluding hydrogens is 344 g/mol. The van der Waals surface area contributed by atoms with Crippen molar-refractivity contribution in [1.82, 2.24) is 4.90 Å². The SMILES string of the molecule is COC(=O)C1=C(Nc2ccc(C(C)(C)C)cc2Cl)C(=O)N(CCO)C1. The monoisotopic (exact) mass is 366 g/mol. The van der Waals surface area contributed by atoms with Crippen LogP contribution in [0.25, 0.3) is 0 Å². The van der Waals surface area contributed by atoms with Gasteiger partial charge >= 0.3 is 5.97 Å².